The first-order valence-electron chi connectivity index (χ1n) is 4.08. The van der Waals surface area contributed by atoms with Gasteiger partial charge in [0.2, 0.25) is 0 Å². The Morgan fingerprint density at radius 3 is 2.47 bits per heavy atom. The Labute approximate surface area is 87.4 Å². The summed E-state index contributed by atoms with van der Waals surface area (Å²) in [4.78, 5) is 9.00. The van der Waals surface area contributed by atoms with Gasteiger partial charge in [-0.05, 0) is 18.2 Å². The molecule has 0 spiro atoms. The molecule has 15 heavy (non-hydrogen) atoms. The van der Waals surface area contributed by atoms with E-state index in [0.717, 1.165) is 12.6 Å². The van der Waals surface area contributed by atoms with E-state index in [4.69, 9.17) is 26.8 Å². The van der Waals surface area contributed by atoms with Crippen molar-refractivity contribution in [3.8, 4) is 0 Å². The fraction of sp³-hybridized carbons (Fsp3) is 0.111. The van der Waals surface area contributed by atoms with Gasteiger partial charge in [-0.1, -0.05) is 6.07 Å². The number of guanidine groups is 1. The molecule has 0 radical (unpaired) electrons. The molecule has 0 unspecified atom stereocenters. The maximum Gasteiger partial charge on any atom is 0.300 e. The highest BCUT2D eigenvalue weighted by Gasteiger charge is 1.91. The summed E-state index contributed by atoms with van der Waals surface area (Å²) in [7, 11) is 0. The average Bonchev–Trinajstić information content (AvgIpc) is 2.00. The van der Waals surface area contributed by atoms with Crippen LogP contribution < -0.4 is 16.8 Å². The van der Waals surface area contributed by atoms with E-state index in [0.29, 0.717) is 5.69 Å². The molecule has 1 aromatic rings. The smallest absolute Gasteiger partial charge is 0.300 e. The molecule has 0 heterocycles. The minimum atomic E-state index is -0.833. The molecule has 0 aliphatic rings. The lowest BCUT2D eigenvalue weighted by atomic mass is 10.3. The normalized spacial score (nSPS) is 8.33. The number of carbonyl (C=O) groups is 1. The molecule has 1 aromatic carbocycles. The summed E-state index contributed by atoms with van der Waals surface area (Å²) in [5.74, 6) is -0.921. The van der Waals surface area contributed by atoms with Crippen LogP contribution in [0.1, 0.15) is 6.92 Å². The minimum Gasteiger partial charge on any atom is -0.481 e. The molecule has 0 aliphatic carbocycles. The molecular formula is C9H14N4O2. The molecule has 0 saturated carbocycles. The van der Waals surface area contributed by atoms with Gasteiger partial charge in [0.25, 0.3) is 5.97 Å². The highest BCUT2D eigenvalue weighted by Crippen LogP contribution is 2.10. The van der Waals surface area contributed by atoms with Gasteiger partial charge in [0, 0.05) is 18.3 Å². The second kappa shape index (κ2) is 6.25. The zero-order valence-electron chi connectivity index (χ0n) is 8.32. The molecule has 0 atom stereocenters. The van der Waals surface area contributed by atoms with Gasteiger partial charge in [-0.15, -0.1) is 0 Å². The Morgan fingerprint density at radius 2 is 2.07 bits per heavy atom. The Kier molecular flexibility index (Phi) is 5.32. The Balaban J connectivity index is 0.000000423. The van der Waals surface area contributed by atoms with Crippen molar-refractivity contribution >= 4 is 23.3 Å². The van der Waals surface area contributed by atoms with Gasteiger partial charge in [0.15, 0.2) is 5.96 Å². The maximum atomic E-state index is 9.00. The number of rotatable bonds is 1. The van der Waals surface area contributed by atoms with E-state index in [-0.39, 0.29) is 5.96 Å². The number of nitrogen functional groups attached to an aromatic ring is 1. The van der Waals surface area contributed by atoms with Crippen molar-refractivity contribution in [3.05, 3.63) is 24.3 Å². The van der Waals surface area contributed by atoms with E-state index in [1.807, 2.05) is 0 Å². The SMILES string of the molecule is CC(=O)O.N=C(N)Nc1cccc(N)c1. The highest BCUT2D eigenvalue weighted by atomic mass is 16.4. The fourth-order valence-electron chi connectivity index (χ4n) is 0.772. The van der Waals surface area contributed by atoms with Gasteiger partial charge >= 0.3 is 0 Å². The van der Waals surface area contributed by atoms with Gasteiger partial charge in [-0.3, -0.25) is 10.2 Å². The van der Waals surface area contributed by atoms with Crippen LogP contribution in [0, 0.1) is 5.41 Å². The van der Waals surface area contributed by atoms with Gasteiger partial charge < -0.3 is 21.9 Å². The van der Waals surface area contributed by atoms with E-state index >= 15 is 0 Å². The monoisotopic (exact) mass is 210 g/mol. The molecule has 0 bridgehead atoms. The first-order valence-corrected chi connectivity index (χ1v) is 4.08. The zero-order chi connectivity index (χ0) is 11.8. The third-order valence-electron chi connectivity index (χ3n) is 1.17. The van der Waals surface area contributed by atoms with Crippen LogP contribution in [-0.4, -0.2) is 17.0 Å². The number of aliphatic carboxylic acids is 1. The molecule has 0 amide bonds. The van der Waals surface area contributed by atoms with E-state index in [1.54, 1.807) is 24.3 Å². The molecular weight excluding hydrogens is 196 g/mol. The summed E-state index contributed by atoms with van der Waals surface area (Å²) in [6.45, 7) is 1.08. The number of nitrogens with two attached hydrogens (primary N) is 2. The van der Waals surface area contributed by atoms with Crippen molar-refractivity contribution in [2.45, 2.75) is 6.92 Å². The van der Waals surface area contributed by atoms with Crippen LogP contribution in [0.3, 0.4) is 0 Å². The number of hydrogen-bond acceptors (Lipinski definition) is 3. The van der Waals surface area contributed by atoms with Crippen molar-refractivity contribution in [1.82, 2.24) is 0 Å². The largest absolute Gasteiger partial charge is 0.481 e. The van der Waals surface area contributed by atoms with Crippen LogP contribution in [0.2, 0.25) is 0 Å². The number of hydrogen-bond donors (Lipinski definition) is 5. The topological polar surface area (TPSA) is 125 Å². The van der Waals surface area contributed by atoms with E-state index in [1.165, 1.54) is 0 Å². The number of anilines is 2. The van der Waals surface area contributed by atoms with Crippen molar-refractivity contribution < 1.29 is 9.90 Å². The van der Waals surface area contributed by atoms with Crippen LogP contribution in [0.4, 0.5) is 11.4 Å². The fourth-order valence-corrected chi connectivity index (χ4v) is 0.772. The predicted octanol–water partition coefficient (Wildman–Crippen LogP) is 0.665. The Morgan fingerprint density at radius 1 is 1.53 bits per heavy atom. The lowest BCUT2D eigenvalue weighted by Gasteiger charge is -2.02. The van der Waals surface area contributed by atoms with Crippen molar-refractivity contribution in [1.29, 1.82) is 5.41 Å². The van der Waals surface area contributed by atoms with Gasteiger partial charge in [0.05, 0.1) is 0 Å². The summed E-state index contributed by atoms with van der Waals surface area (Å²) in [6.07, 6.45) is 0. The van der Waals surface area contributed by atoms with Gasteiger partial charge in [-0.2, -0.15) is 0 Å². The maximum absolute atomic E-state index is 9.00. The molecule has 0 aliphatic heterocycles. The third kappa shape index (κ3) is 8.10. The van der Waals surface area contributed by atoms with E-state index < -0.39 is 5.97 Å². The van der Waals surface area contributed by atoms with Crippen LogP contribution in [0.25, 0.3) is 0 Å². The predicted molar refractivity (Wildman–Crippen MR) is 59.7 cm³/mol. The second-order valence-corrected chi connectivity index (χ2v) is 2.68. The van der Waals surface area contributed by atoms with Crippen molar-refractivity contribution in [2.75, 3.05) is 11.1 Å². The summed E-state index contributed by atoms with van der Waals surface area (Å²) < 4.78 is 0. The lowest BCUT2D eigenvalue weighted by molar-refractivity contribution is -0.134. The molecule has 6 nitrogen and oxygen atoms in total. The number of nitrogens with one attached hydrogen (secondary N) is 2. The molecule has 0 aromatic heterocycles. The van der Waals surface area contributed by atoms with Crippen LogP contribution in [-0.2, 0) is 4.79 Å². The van der Waals surface area contributed by atoms with Crippen molar-refractivity contribution in [3.63, 3.8) is 0 Å². The Bertz CT molecular complexity index is 348. The van der Waals surface area contributed by atoms with Crippen molar-refractivity contribution in [2.24, 2.45) is 5.73 Å². The zero-order valence-corrected chi connectivity index (χ0v) is 8.32. The van der Waals surface area contributed by atoms with Gasteiger partial charge in [-0.25, -0.2) is 0 Å². The third-order valence-corrected chi connectivity index (χ3v) is 1.17. The summed E-state index contributed by atoms with van der Waals surface area (Å²) in [5, 5.41) is 17.0. The summed E-state index contributed by atoms with van der Waals surface area (Å²) >= 11 is 0. The lowest BCUT2D eigenvalue weighted by Crippen LogP contribution is -2.20. The molecule has 0 fully saturated rings. The molecule has 6 heteroatoms. The van der Waals surface area contributed by atoms with Crippen LogP contribution in [0.15, 0.2) is 24.3 Å². The van der Waals surface area contributed by atoms with Gasteiger partial charge in [0.1, 0.15) is 0 Å². The highest BCUT2D eigenvalue weighted by molar-refractivity contribution is 5.90. The molecule has 0 saturated heterocycles. The number of benzene rings is 1. The number of carboxylic acid groups (broad SMARTS) is 1. The average molecular weight is 210 g/mol. The first kappa shape index (κ1) is 12.8. The summed E-state index contributed by atoms with van der Waals surface area (Å²) in [6, 6.07) is 7.06. The Hall–Kier alpha value is -2.24. The molecule has 82 valence electrons. The van der Waals surface area contributed by atoms with Crippen LogP contribution >= 0.6 is 0 Å². The summed E-state index contributed by atoms with van der Waals surface area (Å²) in [5.41, 5.74) is 12.0. The standard InChI is InChI=1S/C7H10N4.C2H4O2/c8-5-2-1-3-6(4-5)11-7(9)10;1-2(3)4/h1-4H,8H2,(H4,9,10,11);1H3,(H,3,4). The van der Waals surface area contributed by atoms with E-state index in [2.05, 4.69) is 5.32 Å². The minimum absolute atomic E-state index is 0.0874. The first-order chi connectivity index (χ1) is 6.91. The number of carboxylic acids is 1. The quantitative estimate of drug-likeness (QED) is 0.264. The van der Waals surface area contributed by atoms with Crippen LogP contribution in [0.5, 0.6) is 0 Å². The van der Waals surface area contributed by atoms with E-state index in [9.17, 15) is 0 Å². The second-order valence-electron chi connectivity index (χ2n) is 2.68. The molecule has 1 rings (SSSR count). The molecule has 7 N–H and O–H groups in total.